The van der Waals surface area contributed by atoms with E-state index in [1.807, 2.05) is 37.3 Å². The summed E-state index contributed by atoms with van der Waals surface area (Å²) < 4.78 is 24.5. The zero-order chi connectivity index (χ0) is 19.4. The summed E-state index contributed by atoms with van der Waals surface area (Å²) in [5, 5.41) is 0. The van der Waals surface area contributed by atoms with Crippen molar-refractivity contribution in [2.45, 2.75) is 32.2 Å². The molecule has 2 aliphatic rings. The van der Waals surface area contributed by atoms with Gasteiger partial charge in [-0.3, -0.25) is 9.69 Å². The number of cyclic esters (lactones) is 1. The summed E-state index contributed by atoms with van der Waals surface area (Å²) in [5.41, 5.74) is 0.535. The molecule has 140 valence electrons. The van der Waals surface area contributed by atoms with E-state index >= 15 is 0 Å². The van der Waals surface area contributed by atoms with E-state index < -0.39 is 17.5 Å². The second-order valence-corrected chi connectivity index (χ2v) is 6.70. The molecule has 2 fully saturated rings. The molecule has 0 N–H and O–H groups in total. The molecule has 6 nitrogen and oxygen atoms in total. The Kier molecular flexibility index (Phi) is 5.20. The second kappa shape index (κ2) is 7.91. The van der Waals surface area contributed by atoms with Crippen molar-refractivity contribution in [3.05, 3.63) is 47.6 Å². The lowest BCUT2D eigenvalue weighted by Gasteiger charge is -2.27. The summed E-state index contributed by atoms with van der Waals surface area (Å²) in [4.78, 5) is 26.3. The highest BCUT2D eigenvalue weighted by molar-refractivity contribution is 5.82. The van der Waals surface area contributed by atoms with Crippen LogP contribution < -0.4 is 0 Å². The van der Waals surface area contributed by atoms with Crippen LogP contribution in [0.2, 0.25) is 0 Å². The van der Waals surface area contributed by atoms with Gasteiger partial charge in [0.2, 0.25) is 0 Å². The topological polar surface area (TPSA) is 65.1 Å². The second-order valence-electron chi connectivity index (χ2n) is 6.70. The Balaban J connectivity index is 1.95. The van der Waals surface area contributed by atoms with E-state index in [0.29, 0.717) is 18.4 Å². The Labute approximate surface area is 155 Å². The molecular weight excluding hydrogens is 334 g/mol. The van der Waals surface area contributed by atoms with Crippen LogP contribution in [0.5, 0.6) is 0 Å². The quantitative estimate of drug-likeness (QED) is 0.730. The third-order valence-corrected chi connectivity index (χ3v) is 4.96. The molecule has 3 rings (SSSR count). The zero-order valence-corrected chi connectivity index (χ0v) is 15.2. The molecule has 2 aliphatic heterocycles. The van der Waals surface area contributed by atoms with Gasteiger partial charge in [0.25, 0.3) is 0 Å². The molecule has 2 saturated heterocycles. The Morgan fingerprint density at radius 3 is 2.92 bits per heavy atom. The SMILES string of the molecule is [2H]/C(=C1\COCC1(CCC)C(=O)OC)N1C(=O)OC[C@@H]1Cc1ccccc1. The fourth-order valence-corrected chi connectivity index (χ4v) is 3.60. The smallest absolute Gasteiger partial charge is 0.414 e. The first kappa shape index (κ1) is 17.1. The van der Waals surface area contributed by atoms with E-state index in [4.69, 9.17) is 15.6 Å². The highest BCUT2D eigenvalue weighted by Crippen LogP contribution is 2.40. The van der Waals surface area contributed by atoms with E-state index in [9.17, 15) is 9.59 Å². The summed E-state index contributed by atoms with van der Waals surface area (Å²) >= 11 is 0. The summed E-state index contributed by atoms with van der Waals surface area (Å²) in [5.74, 6) is -0.422. The third kappa shape index (κ3) is 3.46. The molecule has 0 aliphatic carbocycles. The minimum atomic E-state index is -1.01. The summed E-state index contributed by atoms with van der Waals surface area (Å²) in [7, 11) is 1.33. The van der Waals surface area contributed by atoms with Crippen molar-refractivity contribution in [1.82, 2.24) is 4.90 Å². The van der Waals surface area contributed by atoms with Crippen LogP contribution in [0.15, 0.2) is 42.1 Å². The van der Waals surface area contributed by atoms with E-state index in [2.05, 4.69) is 0 Å². The standard InChI is InChI=1S/C20H25NO5/c1-3-9-20(18(22)24-2)14-25-12-16(20)11-21-17(13-26-19(21)23)10-15-7-5-4-6-8-15/h4-8,11,17H,3,9-10,12-14H2,1-2H3/b16-11-/t17-,20?/m0/s1/i11D. The summed E-state index contributed by atoms with van der Waals surface area (Å²) in [6, 6.07) is 9.47. The van der Waals surface area contributed by atoms with Gasteiger partial charge in [-0.1, -0.05) is 43.7 Å². The van der Waals surface area contributed by atoms with Crippen molar-refractivity contribution in [1.29, 1.82) is 0 Å². The average Bonchev–Trinajstić information content (AvgIpc) is 3.26. The van der Waals surface area contributed by atoms with Crippen LogP contribution in [-0.4, -0.2) is 49.9 Å². The Morgan fingerprint density at radius 1 is 1.46 bits per heavy atom. The van der Waals surface area contributed by atoms with Crippen LogP contribution in [0, 0.1) is 5.41 Å². The molecule has 1 aromatic rings. The number of hydrogen-bond acceptors (Lipinski definition) is 5. The Bertz CT molecular complexity index is 735. The first-order valence-corrected chi connectivity index (χ1v) is 8.89. The number of carbonyl (C=O) groups excluding carboxylic acids is 2. The monoisotopic (exact) mass is 360 g/mol. The number of ether oxygens (including phenoxy) is 3. The van der Waals surface area contributed by atoms with Crippen LogP contribution in [0.1, 0.15) is 26.7 Å². The fraction of sp³-hybridized carbons (Fsp3) is 0.500. The number of benzene rings is 1. The minimum absolute atomic E-state index is 0.00483. The van der Waals surface area contributed by atoms with Gasteiger partial charge in [0, 0.05) is 6.18 Å². The van der Waals surface area contributed by atoms with Gasteiger partial charge in [-0.05, 0) is 24.0 Å². The number of rotatable bonds is 6. The molecule has 2 atom stereocenters. The van der Waals surface area contributed by atoms with Gasteiger partial charge in [0.15, 0.2) is 0 Å². The molecule has 0 aromatic heterocycles. The highest BCUT2D eigenvalue weighted by atomic mass is 16.6. The lowest BCUT2D eigenvalue weighted by atomic mass is 9.79. The van der Waals surface area contributed by atoms with E-state index in [1.165, 1.54) is 12.0 Å². The van der Waals surface area contributed by atoms with Crippen molar-refractivity contribution >= 4 is 12.1 Å². The summed E-state index contributed by atoms with van der Waals surface area (Å²) in [6.45, 7) is 2.48. The lowest BCUT2D eigenvalue weighted by molar-refractivity contribution is -0.151. The highest BCUT2D eigenvalue weighted by Gasteiger charge is 2.48. The number of carbonyl (C=O) groups is 2. The first-order valence-electron chi connectivity index (χ1n) is 9.39. The number of esters is 1. The predicted octanol–water partition coefficient (Wildman–Crippen LogP) is 2.92. The maximum Gasteiger partial charge on any atom is 0.414 e. The van der Waals surface area contributed by atoms with E-state index in [-0.39, 0.29) is 32.0 Å². The molecule has 0 saturated carbocycles. The van der Waals surface area contributed by atoms with Crippen molar-refractivity contribution < 1.29 is 25.2 Å². The number of hydrogen-bond donors (Lipinski definition) is 0. The van der Waals surface area contributed by atoms with Crippen LogP contribution >= 0.6 is 0 Å². The number of methoxy groups -OCH3 is 1. The molecule has 1 unspecified atom stereocenters. The summed E-state index contributed by atoms with van der Waals surface area (Å²) in [6.07, 6.45) is 1.24. The van der Waals surface area contributed by atoms with Crippen LogP contribution in [0.4, 0.5) is 4.79 Å². The zero-order valence-electron chi connectivity index (χ0n) is 16.2. The van der Waals surface area contributed by atoms with Gasteiger partial charge in [-0.2, -0.15) is 0 Å². The van der Waals surface area contributed by atoms with E-state index in [1.54, 1.807) is 0 Å². The fourth-order valence-electron chi connectivity index (χ4n) is 3.60. The molecule has 2 heterocycles. The van der Waals surface area contributed by atoms with Gasteiger partial charge in [0.1, 0.15) is 12.0 Å². The van der Waals surface area contributed by atoms with Crippen molar-refractivity contribution in [3.63, 3.8) is 0 Å². The van der Waals surface area contributed by atoms with Crippen LogP contribution in [-0.2, 0) is 25.4 Å². The molecule has 0 bridgehead atoms. The number of nitrogens with zero attached hydrogens (tertiary/aromatic N) is 1. The average molecular weight is 360 g/mol. The van der Waals surface area contributed by atoms with Gasteiger partial charge >= 0.3 is 12.1 Å². The van der Waals surface area contributed by atoms with Crippen LogP contribution in [0.3, 0.4) is 0 Å². The normalized spacial score (nSPS) is 27.9. The third-order valence-electron chi connectivity index (χ3n) is 4.96. The van der Waals surface area contributed by atoms with Gasteiger partial charge < -0.3 is 14.2 Å². The lowest BCUT2D eigenvalue weighted by Crippen LogP contribution is -2.37. The maximum atomic E-state index is 12.6. The molecule has 1 aromatic carbocycles. The molecule has 1 amide bonds. The molecular formula is C20H25NO5. The molecule has 6 heteroatoms. The van der Waals surface area contributed by atoms with E-state index in [0.717, 1.165) is 12.0 Å². The predicted molar refractivity (Wildman–Crippen MR) is 95.4 cm³/mol. The van der Waals surface area contributed by atoms with Gasteiger partial charge in [-0.25, -0.2) is 4.79 Å². The van der Waals surface area contributed by atoms with Crippen LogP contribution in [0.25, 0.3) is 0 Å². The molecule has 0 spiro atoms. The van der Waals surface area contributed by atoms with Crippen molar-refractivity contribution in [3.8, 4) is 0 Å². The Morgan fingerprint density at radius 2 is 2.23 bits per heavy atom. The largest absolute Gasteiger partial charge is 0.468 e. The van der Waals surface area contributed by atoms with Crippen molar-refractivity contribution in [2.24, 2.45) is 5.41 Å². The van der Waals surface area contributed by atoms with Gasteiger partial charge in [0.05, 0.1) is 27.7 Å². The minimum Gasteiger partial charge on any atom is -0.468 e. The molecule has 0 radical (unpaired) electrons. The molecule has 26 heavy (non-hydrogen) atoms. The van der Waals surface area contributed by atoms with Gasteiger partial charge in [-0.15, -0.1) is 0 Å². The van der Waals surface area contributed by atoms with Crippen molar-refractivity contribution in [2.75, 3.05) is 26.9 Å². The Hall–Kier alpha value is -2.34. The maximum absolute atomic E-state index is 12.6. The number of amides is 1. The first-order chi connectivity index (χ1) is 13.0.